The number of carbonyl (C=O) groups is 1. The van der Waals surface area contributed by atoms with Gasteiger partial charge in [-0.05, 0) is 37.0 Å². The van der Waals surface area contributed by atoms with Crippen LogP contribution in [-0.2, 0) is 4.79 Å². The van der Waals surface area contributed by atoms with Crippen LogP contribution in [0.1, 0.15) is 36.5 Å². The Hall–Kier alpha value is -1.42. The van der Waals surface area contributed by atoms with Gasteiger partial charge in [-0.2, -0.15) is 0 Å². The number of aryl methyl sites for hydroxylation is 1. The molecule has 0 aliphatic carbocycles. The summed E-state index contributed by atoms with van der Waals surface area (Å²) >= 11 is 0. The quantitative estimate of drug-likeness (QED) is 0.826. The normalized spacial score (nSPS) is 12.2. The van der Waals surface area contributed by atoms with Crippen LogP contribution in [0.25, 0.3) is 0 Å². The molecule has 1 aromatic rings. The predicted molar refractivity (Wildman–Crippen MR) is 64.0 cm³/mol. The lowest BCUT2D eigenvalue weighted by atomic mass is 10.0. The summed E-state index contributed by atoms with van der Waals surface area (Å²) in [6.07, 6.45) is 0.864. The van der Waals surface area contributed by atoms with Gasteiger partial charge in [-0.15, -0.1) is 0 Å². The van der Waals surface area contributed by atoms with E-state index in [0.29, 0.717) is 30.4 Å². The number of hydrogen-bond donors (Lipinski definition) is 2. The molecular formula is C13H18FNO2. The third-order valence-corrected chi connectivity index (χ3v) is 2.73. The van der Waals surface area contributed by atoms with Gasteiger partial charge in [0.15, 0.2) is 0 Å². The Morgan fingerprint density at radius 3 is 2.82 bits per heavy atom. The first-order valence-corrected chi connectivity index (χ1v) is 5.69. The molecule has 1 rings (SSSR count). The molecule has 3 nitrogen and oxygen atoms in total. The maximum Gasteiger partial charge on any atom is 0.219 e. The minimum atomic E-state index is -0.640. The van der Waals surface area contributed by atoms with E-state index in [-0.39, 0.29) is 11.7 Å². The highest BCUT2D eigenvalue weighted by Gasteiger charge is 2.10. The van der Waals surface area contributed by atoms with Crippen LogP contribution in [0, 0.1) is 12.7 Å². The molecule has 0 saturated heterocycles. The largest absolute Gasteiger partial charge is 0.388 e. The van der Waals surface area contributed by atoms with Crippen LogP contribution < -0.4 is 5.32 Å². The molecule has 4 heteroatoms. The average Bonchev–Trinajstić information content (AvgIpc) is 2.32. The van der Waals surface area contributed by atoms with Gasteiger partial charge in [0, 0.05) is 13.5 Å². The topological polar surface area (TPSA) is 49.3 Å². The van der Waals surface area contributed by atoms with Gasteiger partial charge < -0.3 is 10.4 Å². The molecule has 0 aromatic heterocycles. The summed E-state index contributed by atoms with van der Waals surface area (Å²) in [5.41, 5.74) is 1.22. The van der Waals surface area contributed by atoms with Crippen molar-refractivity contribution in [2.45, 2.75) is 32.3 Å². The number of benzene rings is 1. The second-order valence-corrected chi connectivity index (χ2v) is 4.09. The van der Waals surface area contributed by atoms with Gasteiger partial charge >= 0.3 is 0 Å². The lowest BCUT2D eigenvalue weighted by Gasteiger charge is -2.11. The maximum absolute atomic E-state index is 13.0. The second kappa shape index (κ2) is 6.35. The third-order valence-electron chi connectivity index (χ3n) is 2.73. The van der Waals surface area contributed by atoms with E-state index in [1.165, 1.54) is 6.07 Å². The van der Waals surface area contributed by atoms with Gasteiger partial charge in [0.25, 0.3) is 0 Å². The van der Waals surface area contributed by atoms with E-state index in [1.54, 1.807) is 26.1 Å². The Morgan fingerprint density at radius 1 is 1.53 bits per heavy atom. The van der Waals surface area contributed by atoms with Crippen molar-refractivity contribution in [2.75, 3.05) is 7.05 Å². The number of halogens is 1. The minimum absolute atomic E-state index is 0.0347. The molecule has 94 valence electrons. The summed E-state index contributed by atoms with van der Waals surface area (Å²) in [4.78, 5) is 11.0. The van der Waals surface area contributed by atoms with Gasteiger partial charge in [-0.3, -0.25) is 4.79 Å². The molecule has 1 unspecified atom stereocenters. The molecule has 0 saturated carbocycles. The van der Waals surface area contributed by atoms with Gasteiger partial charge in [-0.1, -0.05) is 12.1 Å². The molecule has 1 aromatic carbocycles. The maximum atomic E-state index is 13.0. The Bertz CT molecular complexity index is 393. The van der Waals surface area contributed by atoms with Crippen molar-refractivity contribution in [3.63, 3.8) is 0 Å². The first-order valence-electron chi connectivity index (χ1n) is 5.69. The SMILES string of the molecule is CNC(=O)CCCC(O)c1ccc(F)c(C)c1. The Kier molecular flexibility index (Phi) is 5.10. The summed E-state index contributed by atoms with van der Waals surface area (Å²) in [6.45, 7) is 1.66. The van der Waals surface area contributed by atoms with Crippen molar-refractivity contribution >= 4 is 5.91 Å². The van der Waals surface area contributed by atoms with Crippen LogP contribution in [0.4, 0.5) is 4.39 Å². The molecule has 0 heterocycles. The highest BCUT2D eigenvalue weighted by atomic mass is 19.1. The molecule has 2 N–H and O–H groups in total. The molecule has 1 amide bonds. The molecule has 1 atom stereocenters. The standard InChI is InChI=1S/C13H18FNO2/c1-9-8-10(6-7-11(9)14)12(16)4-3-5-13(17)15-2/h6-8,12,16H,3-5H2,1-2H3,(H,15,17). The first-order chi connectivity index (χ1) is 8.04. The number of carbonyl (C=O) groups excluding carboxylic acids is 1. The highest BCUT2D eigenvalue weighted by Crippen LogP contribution is 2.21. The summed E-state index contributed by atoms with van der Waals surface area (Å²) in [7, 11) is 1.59. The van der Waals surface area contributed by atoms with E-state index < -0.39 is 6.10 Å². The van der Waals surface area contributed by atoms with E-state index in [2.05, 4.69) is 5.32 Å². The molecule has 17 heavy (non-hydrogen) atoms. The first kappa shape index (κ1) is 13.6. The molecule has 0 radical (unpaired) electrons. The van der Waals surface area contributed by atoms with Crippen LogP contribution in [0.3, 0.4) is 0 Å². The summed E-state index contributed by atoms with van der Waals surface area (Å²) in [5.74, 6) is -0.307. The fourth-order valence-corrected chi connectivity index (χ4v) is 1.62. The van der Waals surface area contributed by atoms with E-state index in [4.69, 9.17) is 0 Å². The predicted octanol–water partition coefficient (Wildman–Crippen LogP) is 2.08. The number of hydrogen-bond acceptors (Lipinski definition) is 2. The number of nitrogens with one attached hydrogen (secondary N) is 1. The van der Waals surface area contributed by atoms with E-state index in [1.807, 2.05) is 0 Å². The second-order valence-electron chi connectivity index (χ2n) is 4.09. The van der Waals surface area contributed by atoms with Crippen molar-refractivity contribution in [2.24, 2.45) is 0 Å². The average molecular weight is 239 g/mol. The Morgan fingerprint density at radius 2 is 2.24 bits per heavy atom. The number of aliphatic hydroxyl groups is 1. The van der Waals surface area contributed by atoms with E-state index >= 15 is 0 Å². The van der Waals surface area contributed by atoms with Crippen LogP contribution in [0.2, 0.25) is 0 Å². The van der Waals surface area contributed by atoms with Crippen molar-refractivity contribution in [3.8, 4) is 0 Å². The summed E-state index contributed by atoms with van der Waals surface area (Å²) in [6, 6.07) is 4.57. The molecule has 0 spiro atoms. The summed E-state index contributed by atoms with van der Waals surface area (Å²) in [5, 5.41) is 12.4. The zero-order valence-electron chi connectivity index (χ0n) is 10.2. The van der Waals surface area contributed by atoms with Crippen LogP contribution in [0.5, 0.6) is 0 Å². The monoisotopic (exact) mass is 239 g/mol. The Labute approximate surface area is 101 Å². The number of aliphatic hydroxyl groups excluding tert-OH is 1. The van der Waals surface area contributed by atoms with Crippen molar-refractivity contribution in [1.82, 2.24) is 5.32 Å². The van der Waals surface area contributed by atoms with Gasteiger partial charge in [0.2, 0.25) is 5.91 Å². The van der Waals surface area contributed by atoms with Gasteiger partial charge in [0.1, 0.15) is 5.82 Å². The fourth-order valence-electron chi connectivity index (χ4n) is 1.62. The molecule has 0 aliphatic rings. The Balaban J connectivity index is 2.49. The minimum Gasteiger partial charge on any atom is -0.388 e. The van der Waals surface area contributed by atoms with E-state index in [0.717, 1.165) is 0 Å². The van der Waals surface area contributed by atoms with Crippen molar-refractivity contribution in [3.05, 3.63) is 35.1 Å². The van der Waals surface area contributed by atoms with Crippen molar-refractivity contribution < 1.29 is 14.3 Å². The third kappa shape index (κ3) is 4.15. The van der Waals surface area contributed by atoms with Gasteiger partial charge in [-0.25, -0.2) is 4.39 Å². The summed E-state index contributed by atoms with van der Waals surface area (Å²) < 4.78 is 13.0. The molecule has 0 bridgehead atoms. The molecule has 0 fully saturated rings. The highest BCUT2D eigenvalue weighted by molar-refractivity contribution is 5.75. The van der Waals surface area contributed by atoms with Gasteiger partial charge in [0.05, 0.1) is 6.10 Å². The van der Waals surface area contributed by atoms with Crippen LogP contribution in [0.15, 0.2) is 18.2 Å². The van der Waals surface area contributed by atoms with E-state index in [9.17, 15) is 14.3 Å². The fraction of sp³-hybridized carbons (Fsp3) is 0.462. The van der Waals surface area contributed by atoms with Crippen molar-refractivity contribution in [1.29, 1.82) is 0 Å². The lowest BCUT2D eigenvalue weighted by molar-refractivity contribution is -0.120. The molecular weight excluding hydrogens is 221 g/mol. The number of rotatable bonds is 5. The van der Waals surface area contributed by atoms with Crippen LogP contribution >= 0.6 is 0 Å². The zero-order valence-corrected chi connectivity index (χ0v) is 10.2. The molecule has 0 aliphatic heterocycles. The number of amides is 1. The smallest absolute Gasteiger partial charge is 0.219 e. The lowest BCUT2D eigenvalue weighted by Crippen LogP contribution is -2.17. The zero-order chi connectivity index (χ0) is 12.8. The van der Waals surface area contributed by atoms with Crippen LogP contribution in [-0.4, -0.2) is 18.1 Å².